The van der Waals surface area contributed by atoms with Crippen LogP contribution < -0.4 is 11.1 Å². The van der Waals surface area contributed by atoms with Crippen LogP contribution in [0.5, 0.6) is 0 Å². The second-order valence-electron chi connectivity index (χ2n) is 6.32. The molecule has 112 valence electrons. The molecule has 1 heterocycles. The van der Waals surface area contributed by atoms with Crippen LogP contribution in [0, 0.1) is 5.41 Å². The summed E-state index contributed by atoms with van der Waals surface area (Å²) in [7, 11) is 0. The molecule has 0 saturated carbocycles. The fourth-order valence-corrected chi connectivity index (χ4v) is 2.49. The molecular formula is C14H22BrN3O2. The fourth-order valence-electron chi connectivity index (χ4n) is 2.26. The third-order valence-corrected chi connectivity index (χ3v) is 3.09. The van der Waals surface area contributed by atoms with Crippen molar-refractivity contribution in [3.8, 4) is 0 Å². The van der Waals surface area contributed by atoms with Gasteiger partial charge < -0.3 is 15.8 Å². The number of nitrogens with one attached hydrogen (secondary N) is 1. The molecule has 3 N–H and O–H groups in total. The van der Waals surface area contributed by atoms with Crippen LogP contribution in [0.1, 0.15) is 34.1 Å². The minimum atomic E-state index is -0.762. The molecule has 0 aliphatic carbocycles. The summed E-state index contributed by atoms with van der Waals surface area (Å²) in [5.74, 6) is 0.724. The van der Waals surface area contributed by atoms with Crippen molar-refractivity contribution in [3.63, 3.8) is 0 Å². The minimum absolute atomic E-state index is 0.0129. The van der Waals surface area contributed by atoms with Crippen molar-refractivity contribution in [3.05, 3.63) is 22.8 Å². The lowest BCUT2D eigenvalue weighted by Gasteiger charge is -2.35. The molecule has 0 aliphatic rings. The van der Waals surface area contributed by atoms with Crippen LogP contribution in [0.4, 0.5) is 10.6 Å². The highest BCUT2D eigenvalue weighted by Crippen LogP contribution is 2.30. The summed E-state index contributed by atoms with van der Waals surface area (Å²) in [6.45, 7) is 8.59. The van der Waals surface area contributed by atoms with Gasteiger partial charge in [0.05, 0.1) is 6.54 Å². The molecule has 0 fully saturated rings. The number of anilines is 1. The summed E-state index contributed by atoms with van der Waals surface area (Å²) in [5.41, 5.74) is 4.51. The lowest BCUT2D eigenvalue weighted by Crippen LogP contribution is -2.43. The Morgan fingerprint density at radius 1 is 1.40 bits per heavy atom. The van der Waals surface area contributed by atoms with E-state index in [1.54, 1.807) is 6.20 Å². The number of primary amides is 1. The molecule has 0 radical (unpaired) electrons. The molecule has 5 nitrogen and oxygen atoms in total. The SMILES string of the molecule is CC(C)(C)CC(C)(CNc1ccc(Br)cn1)OC(N)=O. The number of halogens is 1. The van der Waals surface area contributed by atoms with Gasteiger partial charge in [-0.1, -0.05) is 20.8 Å². The van der Waals surface area contributed by atoms with E-state index in [1.807, 2.05) is 19.1 Å². The Bertz CT molecular complexity index is 456. The summed E-state index contributed by atoms with van der Waals surface area (Å²) in [4.78, 5) is 15.3. The number of rotatable bonds is 5. The van der Waals surface area contributed by atoms with E-state index in [2.05, 4.69) is 47.0 Å². The van der Waals surface area contributed by atoms with Crippen molar-refractivity contribution in [1.29, 1.82) is 0 Å². The van der Waals surface area contributed by atoms with E-state index in [0.29, 0.717) is 13.0 Å². The smallest absolute Gasteiger partial charge is 0.405 e. The number of amides is 1. The Hall–Kier alpha value is -1.30. The summed E-state index contributed by atoms with van der Waals surface area (Å²) < 4.78 is 6.21. The normalized spacial score (nSPS) is 14.4. The zero-order chi connectivity index (χ0) is 15.4. The molecule has 1 rings (SSSR count). The van der Waals surface area contributed by atoms with E-state index in [1.165, 1.54) is 0 Å². The lowest BCUT2D eigenvalue weighted by atomic mass is 9.82. The largest absolute Gasteiger partial charge is 0.441 e. The van der Waals surface area contributed by atoms with E-state index >= 15 is 0 Å². The Morgan fingerprint density at radius 3 is 2.50 bits per heavy atom. The average molecular weight is 344 g/mol. The van der Waals surface area contributed by atoms with Gasteiger partial charge in [-0.3, -0.25) is 0 Å². The molecule has 1 unspecified atom stereocenters. The number of hydrogen-bond acceptors (Lipinski definition) is 4. The number of nitrogens with zero attached hydrogens (tertiary/aromatic N) is 1. The van der Waals surface area contributed by atoms with E-state index < -0.39 is 11.7 Å². The summed E-state index contributed by atoms with van der Waals surface area (Å²) >= 11 is 3.33. The first-order valence-electron chi connectivity index (χ1n) is 6.44. The first-order valence-corrected chi connectivity index (χ1v) is 7.23. The lowest BCUT2D eigenvalue weighted by molar-refractivity contribution is 0.0108. The van der Waals surface area contributed by atoms with Crippen LogP contribution in [-0.2, 0) is 4.74 Å². The molecule has 20 heavy (non-hydrogen) atoms. The van der Waals surface area contributed by atoms with Gasteiger partial charge in [-0.15, -0.1) is 0 Å². The monoisotopic (exact) mass is 343 g/mol. The van der Waals surface area contributed by atoms with Crippen molar-refractivity contribution in [1.82, 2.24) is 4.98 Å². The van der Waals surface area contributed by atoms with E-state index in [9.17, 15) is 4.79 Å². The van der Waals surface area contributed by atoms with Crippen LogP contribution >= 0.6 is 15.9 Å². The topological polar surface area (TPSA) is 77.2 Å². The van der Waals surface area contributed by atoms with Gasteiger partial charge in [-0.05, 0) is 46.8 Å². The van der Waals surface area contributed by atoms with Crippen LogP contribution in [0.25, 0.3) is 0 Å². The summed E-state index contributed by atoms with van der Waals surface area (Å²) in [6.07, 6.45) is 1.63. The zero-order valence-corrected chi connectivity index (χ0v) is 14.0. The molecule has 0 aliphatic heterocycles. The number of carbonyl (C=O) groups is 1. The van der Waals surface area contributed by atoms with E-state index in [0.717, 1.165) is 10.3 Å². The van der Waals surface area contributed by atoms with Gasteiger partial charge in [0.15, 0.2) is 0 Å². The first kappa shape index (κ1) is 16.8. The van der Waals surface area contributed by atoms with Crippen molar-refractivity contribution < 1.29 is 9.53 Å². The average Bonchev–Trinajstić information content (AvgIpc) is 2.24. The van der Waals surface area contributed by atoms with Gasteiger partial charge in [-0.2, -0.15) is 0 Å². The molecule has 1 atom stereocenters. The highest BCUT2D eigenvalue weighted by Gasteiger charge is 2.33. The van der Waals surface area contributed by atoms with E-state index in [-0.39, 0.29) is 5.41 Å². The Labute approximate surface area is 128 Å². The van der Waals surface area contributed by atoms with Gasteiger partial charge in [0, 0.05) is 10.7 Å². The predicted molar refractivity (Wildman–Crippen MR) is 83.6 cm³/mol. The van der Waals surface area contributed by atoms with Crippen molar-refractivity contribution in [2.75, 3.05) is 11.9 Å². The number of hydrogen-bond donors (Lipinski definition) is 2. The van der Waals surface area contributed by atoms with Gasteiger partial charge >= 0.3 is 6.09 Å². The van der Waals surface area contributed by atoms with Crippen LogP contribution in [-0.4, -0.2) is 23.2 Å². The molecule has 1 amide bonds. The second kappa shape index (κ2) is 6.43. The molecule has 1 aromatic heterocycles. The number of nitrogens with two attached hydrogens (primary N) is 1. The number of pyridine rings is 1. The predicted octanol–water partition coefficient (Wildman–Crippen LogP) is 3.55. The molecular weight excluding hydrogens is 322 g/mol. The number of ether oxygens (including phenoxy) is 1. The fraction of sp³-hybridized carbons (Fsp3) is 0.571. The quantitative estimate of drug-likeness (QED) is 0.856. The first-order chi connectivity index (χ1) is 9.10. The third kappa shape index (κ3) is 6.23. The Balaban J connectivity index is 2.74. The van der Waals surface area contributed by atoms with Crippen LogP contribution in [0.15, 0.2) is 22.8 Å². The summed E-state index contributed by atoms with van der Waals surface area (Å²) in [6, 6.07) is 3.75. The maximum Gasteiger partial charge on any atom is 0.405 e. The van der Waals surface area contributed by atoms with Crippen molar-refractivity contribution in [2.45, 2.75) is 39.7 Å². The minimum Gasteiger partial charge on any atom is -0.441 e. The van der Waals surface area contributed by atoms with Gasteiger partial charge in [-0.25, -0.2) is 9.78 Å². The van der Waals surface area contributed by atoms with Crippen LogP contribution in [0.2, 0.25) is 0 Å². The maximum atomic E-state index is 11.1. The van der Waals surface area contributed by atoms with Gasteiger partial charge in [0.25, 0.3) is 0 Å². The van der Waals surface area contributed by atoms with Gasteiger partial charge in [0.2, 0.25) is 0 Å². The van der Waals surface area contributed by atoms with E-state index in [4.69, 9.17) is 10.5 Å². The Morgan fingerprint density at radius 2 is 2.05 bits per heavy atom. The number of carbonyl (C=O) groups excluding carboxylic acids is 1. The molecule has 0 spiro atoms. The molecule has 6 heteroatoms. The van der Waals surface area contributed by atoms with Gasteiger partial charge in [0.1, 0.15) is 11.4 Å². The van der Waals surface area contributed by atoms with Crippen molar-refractivity contribution >= 4 is 27.8 Å². The standard InChI is InChI=1S/C14H22BrN3O2/c1-13(2,3)8-14(4,20-12(16)19)9-18-11-6-5-10(15)7-17-11/h5-7H,8-9H2,1-4H3,(H2,16,19)(H,17,18). The maximum absolute atomic E-state index is 11.1. The zero-order valence-electron chi connectivity index (χ0n) is 12.4. The highest BCUT2D eigenvalue weighted by molar-refractivity contribution is 9.10. The summed E-state index contributed by atoms with van der Waals surface area (Å²) in [5, 5.41) is 3.18. The van der Waals surface area contributed by atoms with Crippen LogP contribution in [0.3, 0.4) is 0 Å². The Kier molecular flexibility index (Phi) is 5.39. The van der Waals surface area contributed by atoms with Crippen molar-refractivity contribution in [2.24, 2.45) is 11.1 Å². The molecule has 0 aromatic carbocycles. The second-order valence-corrected chi connectivity index (χ2v) is 7.24. The molecule has 0 saturated heterocycles. The molecule has 1 aromatic rings. The highest BCUT2D eigenvalue weighted by atomic mass is 79.9. The third-order valence-electron chi connectivity index (χ3n) is 2.62. The number of aromatic nitrogens is 1. The molecule has 0 bridgehead atoms.